The molecule has 0 saturated carbocycles. The first kappa shape index (κ1) is 17.7. The Morgan fingerprint density at radius 3 is 2.22 bits per heavy atom. The number of nitrogens with two attached hydrogens (primary N) is 1. The molecular weight excluding hydrogens is 298 g/mol. The summed E-state index contributed by atoms with van der Waals surface area (Å²) in [4.78, 5) is 39.6. The molecule has 0 aromatic heterocycles. The van der Waals surface area contributed by atoms with Gasteiger partial charge in [-0.25, -0.2) is 4.79 Å². The van der Waals surface area contributed by atoms with E-state index in [2.05, 4.69) is 0 Å². The summed E-state index contributed by atoms with van der Waals surface area (Å²) in [7, 11) is 0. The fourth-order valence-electron chi connectivity index (χ4n) is 3.59. The second-order valence-corrected chi connectivity index (χ2v) is 6.95. The average Bonchev–Trinajstić information content (AvgIpc) is 3.13. The molecule has 0 spiro atoms. The maximum atomic E-state index is 12.8. The third-order valence-corrected chi connectivity index (χ3v) is 4.68. The Morgan fingerprint density at radius 2 is 1.65 bits per heavy atom. The van der Waals surface area contributed by atoms with Crippen LogP contribution >= 0.6 is 0 Å². The minimum Gasteiger partial charge on any atom is -0.480 e. The third kappa shape index (κ3) is 3.83. The van der Waals surface area contributed by atoms with Crippen molar-refractivity contribution in [3.8, 4) is 0 Å². The quantitative estimate of drug-likeness (QED) is 0.762. The molecule has 0 aliphatic carbocycles. The van der Waals surface area contributed by atoms with Crippen molar-refractivity contribution in [2.24, 2.45) is 11.7 Å². The number of hydrogen-bond acceptors (Lipinski definition) is 4. The van der Waals surface area contributed by atoms with Crippen molar-refractivity contribution in [2.75, 3.05) is 13.1 Å². The van der Waals surface area contributed by atoms with Crippen LogP contribution in [0.2, 0.25) is 0 Å². The molecule has 2 aliphatic heterocycles. The Balaban J connectivity index is 2.07. The SMILES string of the molecule is CC(C)C[C@H](N)C(=O)N1CCC[C@@H]1C(=O)N1CCC[C@@H]1C(=O)O. The van der Waals surface area contributed by atoms with Crippen LogP contribution in [0.15, 0.2) is 0 Å². The molecule has 7 nitrogen and oxygen atoms in total. The zero-order chi connectivity index (χ0) is 17.1. The molecule has 0 bridgehead atoms. The van der Waals surface area contributed by atoms with Crippen LogP contribution < -0.4 is 5.73 Å². The molecule has 2 fully saturated rings. The highest BCUT2D eigenvalue weighted by atomic mass is 16.4. The highest BCUT2D eigenvalue weighted by molar-refractivity contribution is 5.92. The van der Waals surface area contributed by atoms with Crippen LogP contribution in [0.4, 0.5) is 0 Å². The standard InChI is InChI=1S/C16H27N3O4/c1-10(2)9-11(17)14(20)18-7-3-5-12(18)15(21)19-8-4-6-13(19)16(22)23/h10-13H,3-9,17H2,1-2H3,(H,22,23)/t11-,12+,13+/m0/s1. The minimum atomic E-state index is -0.969. The van der Waals surface area contributed by atoms with E-state index in [0.717, 1.165) is 6.42 Å². The Kier molecular flexibility index (Phi) is 5.62. The number of amides is 2. The van der Waals surface area contributed by atoms with Crippen LogP contribution in [0.25, 0.3) is 0 Å². The predicted octanol–water partition coefficient (Wildman–Crippen LogP) is 0.426. The lowest BCUT2D eigenvalue weighted by atomic mass is 10.0. The van der Waals surface area contributed by atoms with Gasteiger partial charge in [0, 0.05) is 13.1 Å². The van der Waals surface area contributed by atoms with E-state index in [1.807, 2.05) is 13.8 Å². The molecule has 2 aliphatic rings. The van der Waals surface area contributed by atoms with Gasteiger partial charge < -0.3 is 20.6 Å². The van der Waals surface area contributed by atoms with Crippen molar-refractivity contribution >= 4 is 17.8 Å². The van der Waals surface area contributed by atoms with Crippen LogP contribution in [0.1, 0.15) is 46.0 Å². The molecule has 2 rings (SSSR count). The molecule has 2 heterocycles. The number of carboxylic acids is 1. The number of aliphatic carboxylic acids is 1. The van der Waals surface area contributed by atoms with Gasteiger partial charge >= 0.3 is 5.97 Å². The fourth-order valence-corrected chi connectivity index (χ4v) is 3.59. The van der Waals surface area contributed by atoms with Gasteiger partial charge in [-0.3, -0.25) is 9.59 Å². The number of hydrogen-bond donors (Lipinski definition) is 2. The van der Waals surface area contributed by atoms with E-state index in [0.29, 0.717) is 44.7 Å². The van der Waals surface area contributed by atoms with Crippen molar-refractivity contribution < 1.29 is 19.5 Å². The van der Waals surface area contributed by atoms with E-state index in [1.165, 1.54) is 4.90 Å². The molecule has 2 saturated heterocycles. The van der Waals surface area contributed by atoms with Crippen molar-refractivity contribution in [3.63, 3.8) is 0 Å². The fraction of sp³-hybridized carbons (Fsp3) is 0.812. The van der Waals surface area contributed by atoms with Crippen LogP contribution in [-0.4, -0.2) is 63.9 Å². The summed E-state index contributed by atoms with van der Waals surface area (Å²) in [5.74, 6) is -1.10. The molecule has 0 radical (unpaired) electrons. The Morgan fingerprint density at radius 1 is 1.09 bits per heavy atom. The second-order valence-electron chi connectivity index (χ2n) is 6.95. The van der Waals surface area contributed by atoms with E-state index in [1.54, 1.807) is 4.90 Å². The zero-order valence-electron chi connectivity index (χ0n) is 13.9. The Labute approximate surface area is 136 Å². The van der Waals surface area contributed by atoms with Gasteiger partial charge in [0.25, 0.3) is 0 Å². The molecule has 0 unspecified atom stereocenters. The highest BCUT2D eigenvalue weighted by Gasteiger charge is 2.42. The van der Waals surface area contributed by atoms with Crippen LogP contribution in [0, 0.1) is 5.92 Å². The Hall–Kier alpha value is -1.63. The Bertz CT molecular complexity index is 480. The molecule has 0 aromatic carbocycles. The largest absolute Gasteiger partial charge is 0.480 e. The van der Waals surface area contributed by atoms with Gasteiger partial charge in [0.15, 0.2) is 0 Å². The predicted molar refractivity (Wildman–Crippen MR) is 84.5 cm³/mol. The summed E-state index contributed by atoms with van der Waals surface area (Å²) >= 11 is 0. The van der Waals surface area contributed by atoms with Crippen molar-refractivity contribution in [1.29, 1.82) is 0 Å². The van der Waals surface area contributed by atoms with Crippen molar-refractivity contribution in [3.05, 3.63) is 0 Å². The molecule has 2 amide bonds. The number of carboxylic acid groups (broad SMARTS) is 1. The maximum Gasteiger partial charge on any atom is 0.326 e. The normalized spacial score (nSPS) is 25.9. The number of nitrogens with zero attached hydrogens (tertiary/aromatic N) is 2. The van der Waals surface area contributed by atoms with Gasteiger partial charge in [-0.2, -0.15) is 0 Å². The van der Waals surface area contributed by atoms with Crippen LogP contribution in [-0.2, 0) is 14.4 Å². The van der Waals surface area contributed by atoms with Crippen LogP contribution in [0.3, 0.4) is 0 Å². The average molecular weight is 325 g/mol. The zero-order valence-corrected chi connectivity index (χ0v) is 13.9. The van der Waals surface area contributed by atoms with Gasteiger partial charge in [-0.1, -0.05) is 13.8 Å². The van der Waals surface area contributed by atoms with Gasteiger partial charge in [-0.15, -0.1) is 0 Å². The van der Waals surface area contributed by atoms with E-state index in [-0.39, 0.29) is 11.8 Å². The molecule has 130 valence electrons. The number of rotatable bonds is 5. The topological polar surface area (TPSA) is 104 Å². The van der Waals surface area contributed by atoms with Gasteiger partial charge in [0.2, 0.25) is 11.8 Å². The minimum absolute atomic E-state index is 0.194. The smallest absolute Gasteiger partial charge is 0.326 e. The summed E-state index contributed by atoms with van der Waals surface area (Å²) in [6.45, 7) is 4.97. The van der Waals surface area contributed by atoms with Crippen molar-refractivity contribution in [2.45, 2.75) is 64.1 Å². The first-order valence-electron chi connectivity index (χ1n) is 8.42. The van der Waals surface area contributed by atoms with E-state index in [9.17, 15) is 19.5 Å². The van der Waals surface area contributed by atoms with E-state index < -0.39 is 24.1 Å². The first-order valence-corrected chi connectivity index (χ1v) is 8.42. The second kappa shape index (κ2) is 7.29. The summed E-state index contributed by atoms with van der Waals surface area (Å²) in [6.07, 6.45) is 3.09. The monoisotopic (exact) mass is 325 g/mol. The highest BCUT2D eigenvalue weighted by Crippen LogP contribution is 2.25. The lowest BCUT2D eigenvalue weighted by molar-refractivity contribution is -0.152. The molecule has 3 atom stereocenters. The van der Waals surface area contributed by atoms with Gasteiger partial charge in [0.05, 0.1) is 6.04 Å². The van der Waals surface area contributed by atoms with E-state index in [4.69, 9.17) is 5.73 Å². The van der Waals surface area contributed by atoms with Crippen molar-refractivity contribution in [1.82, 2.24) is 9.80 Å². The number of likely N-dealkylation sites (tertiary alicyclic amines) is 2. The summed E-state index contributed by atoms with van der Waals surface area (Å²) in [5.41, 5.74) is 5.98. The molecule has 3 N–H and O–H groups in total. The van der Waals surface area contributed by atoms with Gasteiger partial charge in [0.1, 0.15) is 12.1 Å². The van der Waals surface area contributed by atoms with E-state index >= 15 is 0 Å². The summed E-state index contributed by atoms with van der Waals surface area (Å²) < 4.78 is 0. The number of carbonyl (C=O) groups excluding carboxylic acids is 2. The lowest BCUT2D eigenvalue weighted by Gasteiger charge is -2.31. The molecule has 0 aromatic rings. The summed E-state index contributed by atoms with van der Waals surface area (Å²) in [6, 6.07) is -1.91. The third-order valence-electron chi connectivity index (χ3n) is 4.68. The molecule has 23 heavy (non-hydrogen) atoms. The maximum absolute atomic E-state index is 12.8. The first-order chi connectivity index (χ1) is 10.8. The lowest BCUT2D eigenvalue weighted by Crippen LogP contribution is -2.54. The van der Waals surface area contributed by atoms with Crippen LogP contribution in [0.5, 0.6) is 0 Å². The molecular formula is C16H27N3O4. The van der Waals surface area contributed by atoms with Gasteiger partial charge in [-0.05, 0) is 38.0 Å². The summed E-state index contributed by atoms with van der Waals surface area (Å²) in [5, 5.41) is 9.24. The molecule has 7 heteroatoms. The number of carbonyl (C=O) groups is 3.